The second-order valence-corrected chi connectivity index (χ2v) is 7.48. The maximum Gasteiger partial charge on any atom is 0.239 e. The van der Waals surface area contributed by atoms with Gasteiger partial charge >= 0.3 is 0 Å². The summed E-state index contributed by atoms with van der Waals surface area (Å²) in [5.74, 6) is 1.79. The van der Waals surface area contributed by atoms with Crippen LogP contribution in [-0.2, 0) is 0 Å². The Bertz CT molecular complexity index is 915. The molecule has 8 heteroatoms. The van der Waals surface area contributed by atoms with Gasteiger partial charge in [-0.25, -0.2) is 4.98 Å². The fraction of sp³-hybridized carbons (Fsp3) is 0.294. The highest BCUT2D eigenvalue weighted by Crippen LogP contribution is 2.65. The summed E-state index contributed by atoms with van der Waals surface area (Å²) in [6.07, 6.45) is 3.46. The Balaban J connectivity index is 1.58. The molecule has 25 heavy (non-hydrogen) atoms. The molecule has 2 heterocycles. The topological polar surface area (TPSA) is 80.5 Å². The van der Waals surface area contributed by atoms with Gasteiger partial charge in [-0.15, -0.1) is 0 Å². The molecule has 0 bridgehead atoms. The highest BCUT2D eigenvalue weighted by Gasteiger charge is 2.60. The quantitative estimate of drug-likeness (QED) is 0.724. The molecule has 1 aliphatic rings. The molecule has 0 amide bonds. The van der Waals surface area contributed by atoms with Crippen molar-refractivity contribution in [1.82, 2.24) is 25.3 Å². The standard InChI is InChI=1S/C17H15Cl2N5O/c1-17(2)11(7-12(19)9-3-5-10(18)6-4-9)13(17)16-22-15(24-25-16)14-20-8-21-23-14/h3-8,11,13H,1-2H3,(H,20,21,23)/b12-7-/t11-,13+/m0/s1. The smallest absolute Gasteiger partial charge is 0.239 e. The molecule has 1 fully saturated rings. The normalized spacial score (nSPS) is 22.2. The Kier molecular flexibility index (Phi) is 3.89. The first-order valence-electron chi connectivity index (χ1n) is 7.79. The first kappa shape index (κ1) is 16.3. The van der Waals surface area contributed by atoms with Crippen molar-refractivity contribution in [3.8, 4) is 11.6 Å². The van der Waals surface area contributed by atoms with Crippen molar-refractivity contribution in [2.45, 2.75) is 19.8 Å². The molecule has 0 radical (unpaired) electrons. The highest BCUT2D eigenvalue weighted by molar-refractivity contribution is 6.48. The first-order chi connectivity index (χ1) is 12.0. The largest absolute Gasteiger partial charge is 0.339 e. The zero-order valence-corrected chi connectivity index (χ0v) is 15.1. The zero-order valence-electron chi connectivity index (χ0n) is 13.6. The van der Waals surface area contributed by atoms with Crippen LogP contribution in [-0.4, -0.2) is 25.3 Å². The lowest BCUT2D eigenvalue weighted by atomic mass is 10.1. The molecule has 1 aromatic carbocycles. The molecule has 1 aliphatic carbocycles. The van der Waals surface area contributed by atoms with Gasteiger partial charge in [-0.3, -0.25) is 5.10 Å². The van der Waals surface area contributed by atoms with Crippen LogP contribution in [0, 0.1) is 11.3 Å². The highest BCUT2D eigenvalue weighted by atomic mass is 35.5. The number of allylic oxidation sites excluding steroid dienone is 1. The zero-order chi connectivity index (χ0) is 17.6. The molecule has 6 nitrogen and oxygen atoms in total. The van der Waals surface area contributed by atoms with Crippen molar-refractivity contribution in [2.75, 3.05) is 0 Å². The molecule has 3 aromatic rings. The van der Waals surface area contributed by atoms with Crippen LogP contribution >= 0.6 is 23.2 Å². The van der Waals surface area contributed by atoms with Crippen LogP contribution in [0.4, 0.5) is 0 Å². The van der Waals surface area contributed by atoms with E-state index in [1.807, 2.05) is 30.3 Å². The van der Waals surface area contributed by atoms with Crippen LogP contribution in [0.3, 0.4) is 0 Å². The Hall–Kier alpha value is -2.18. The Morgan fingerprint density at radius 2 is 2.04 bits per heavy atom. The number of nitrogens with one attached hydrogen (secondary N) is 1. The van der Waals surface area contributed by atoms with E-state index in [0.29, 0.717) is 27.6 Å². The Morgan fingerprint density at radius 3 is 2.72 bits per heavy atom. The number of aromatic amines is 1. The van der Waals surface area contributed by atoms with Gasteiger partial charge in [-0.2, -0.15) is 10.1 Å². The van der Waals surface area contributed by atoms with Gasteiger partial charge in [0.15, 0.2) is 5.82 Å². The fourth-order valence-corrected chi connectivity index (χ4v) is 3.48. The summed E-state index contributed by atoms with van der Waals surface area (Å²) in [5, 5.41) is 11.9. The molecule has 2 aromatic heterocycles. The van der Waals surface area contributed by atoms with E-state index in [0.717, 1.165) is 5.56 Å². The third kappa shape index (κ3) is 2.96. The van der Waals surface area contributed by atoms with Crippen molar-refractivity contribution in [3.05, 3.63) is 53.1 Å². The number of halogens is 2. The monoisotopic (exact) mass is 375 g/mol. The minimum Gasteiger partial charge on any atom is -0.339 e. The fourth-order valence-electron chi connectivity index (χ4n) is 3.09. The molecular formula is C17H15Cl2N5O. The molecule has 128 valence electrons. The lowest BCUT2D eigenvalue weighted by Gasteiger charge is -2.01. The number of rotatable bonds is 4. The summed E-state index contributed by atoms with van der Waals surface area (Å²) in [6, 6.07) is 7.45. The average Bonchev–Trinajstić information content (AvgIpc) is 3.08. The average molecular weight is 376 g/mol. The minimum atomic E-state index is -0.0161. The molecule has 0 saturated heterocycles. The van der Waals surface area contributed by atoms with Gasteiger partial charge in [0, 0.05) is 10.1 Å². The lowest BCUT2D eigenvalue weighted by Crippen LogP contribution is -1.90. The number of nitrogens with zero attached hydrogens (tertiary/aromatic N) is 4. The van der Waals surface area contributed by atoms with E-state index in [2.05, 4.69) is 39.2 Å². The van der Waals surface area contributed by atoms with Gasteiger partial charge in [0.05, 0.1) is 5.92 Å². The van der Waals surface area contributed by atoms with E-state index in [9.17, 15) is 0 Å². The van der Waals surface area contributed by atoms with Gasteiger partial charge in [-0.1, -0.05) is 60.4 Å². The van der Waals surface area contributed by atoms with Gasteiger partial charge in [0.25, 0.3) is 0 Å². The Morgan fingerprint density at radius 1 is 1.28 bits per heavy atom. The van der Waals surface area contributed by atoms with E-state index in [4.69, 9.17) is 27.7 Å². The summed E-state index contributed by atoms with van der Waals surface area (Å²) >= 11 is 12.4. The molecule has 1 N–H and O–H groups in total. The van der Waals surface area contributed by atoms with Gasteiger partial charge in [0.2, 0.25) is 11.7 Å². The second-order valence-electron chi connectivity index (χ2n) is 6.64. The maximum atomic E-state index is 6.49. The van der Waals surface area contributed by atoms with Crippen molar-refractivity contribution >= 4 is 28.2 Å². The van der Waals surface area contributed by atoms with Crippen LogP contribution in [0.5, 0.6) is 0 Å². The summed E-state index contributed by atoms with van der Waals surface area (Å²) in [6.45, 7) is 4.31. The van der Waals surface area contributed by atoms with Crippen LogP contribution in [0.15, 0.2) is 41.2 Å². The van der Waals surface area contributed by atoms with E-state index >= 15 is 0 Å². The van der Waals surface area contributed by atoms with Crippen LogP contribution < -0.4 is 0 Å². The summed E-state index contributed by atoms with van der Waals surface area (Å²) in [4.78, 5) is 8.49. The van der Waals surface area contributed by atoms with Gasteiger partial charge < -0.3 is 4.52 Å². The predicted octanol–water partition coefficient (Wildman–Crippen LogP) is 4.53. The molecule has 0 unspecified atom stereocenters. The van der Waals surface area contributed by atoms with Gasteiger partial charge in [-0.05, 0) is 29.0 Å². The summed E-state index contributed by atoms with van der Waals surface area (Å²) < 4.78 is 5.44. The Labute approximate surface area is 154 Å². The van der Waals surface area contributed by atoms with Crippen LogP contribution in [0.2, 0.25) is 5.02 Å². The number of H-pyrrole nitrogens is 1. The lowest BCUT2D eigenvalue weighted by molar-refractivity contribution is 0.367. The number of hydrogen-bond donors (Lipinski definition) is 1. The molecule has 0 aliphatic heterocycles. The van der Waals surface area contributed by atoms with E-state index in [-0.39, 0.29) is 17.3 Å². The third-order valence-electron chi connectivity index (χ3n) is 4.69. The van der Waals surface area contributed by atoms with Crippen molar-refractivity contribution < 1.29 is 4.52 Å². The number of benzene rings is 1. The predicted molar refractivity (Wildman–Crippen MR) is 95.0 cm³/mol. The maximum absolute atomic E-state index is 6.49. The molecule has 1 saturated carbocycles. The van der Waals surface area contributed by atoms with Crippen LogP contribution in [0.25, 0.3) is 16.7 Å². The second kappa shape index (κ2) is 5.97. The molecule has 2 atom stereocenters. The van der Waals surface area contributed by atoms with Crippen LogP contribution in [0.1, 0.15) is 31.2 Å². The van der Waals surface area contributed by atoms with E-state index < -0.39 is 0 Å². The third-order valence-corrected chi connectivity index (χ3v) is 5.29. The van der Waals surface area contributed by atoms with Crippen molar-refractivity contribution in [2.24, 2.45) is 11.3 Å². The van der Waals surface area contributed by atoms with Crippen molar-refractivity contribution in [1.29, 1.82) is 0 Å². The molecular weight excluding hydrogens is 361 g/mol. The van der Waals surface area contributed by atoms with Gasteiger partial charge in [0.1, 0.15) is 6.33 Å². The minimum absolute atomic E-state index is 0.0161. The SMILES string of the molecule is CC1(C)[C@@H](/C=C(\Cl)c2ccc(Cl)cc2)[C@@H]1c1nc(-c2ncn[nH]2)no1. The molecule has 0 spiro atoms. The summed E-state index contributed by atoms with van der Waals surface area (Å²) in [7, 11) is 0. The van der Waals surface area contributed by atoms with Crippen molar-refractivity contribution in [3.63, 3.8) is 0 Å². The number of hydrogen-bond acceptors (Lipinski definition) is 5. The number of aromatic nitrogens is 5. The first-order valence-corrected chi connectivity index (χ1v) is 8.55. The van der Waals surface area contributed by atoms with E-state index in [1.165, 1.54) is 6.33 Å². The molecule has 4 rings (SSSR count). The van der Waals surface area contributed by atoms with E-state index in [1.54, 1.807) is 0 Å². The summed E-state index contributed by atoms with van der Waals surface area (Å²) in [5.41, 5.74) is 0.915.